The van der Waals surface area contributed by atoms with Gasteiger partial charge in [-0.25, -0.2) is 0 Å². The predicted octanol–water partition coefficient (Wildman–Crippen LogP) is 3.79. The maximum absolute atomic E-state index is 6.05. The Hall–Kier alpha value is -0.940. The minimum Gasteiger partial charge on any atom is -0.353 e. The van der Waals surface area contributed by atoms with Crippen LogP contribution in [0.25, 0.3) is 0 Å². The summed E-state index contributed by atoms with van der Waals surface area (Å²) in [6.45, 7) is 10.0. The highest BCUT2D eigenvalue weighted by atomic mass is 16.7. The molecule has 4 heteroatoms. The number of hydrogen-bond acceptors (Lipinski definition) is 4. The Morgan fingerprint density at radius 3 is 2.27 bits per heavy atom. The van der Waals surface area contributed by atoms with Crippen molar-refractivity contribution in [2.75, 3.05) is 26.4 Å². The van der Waals surface area contributed by atoms with Gasteiger partial charge >= 0.3 is 0 Å². The normalized spacial score (nSPS) is 15.5. The van der Waals surface area contributed by atoms with Gasteiger partial charge in [-0.05, 0) is 32.8 Å². The number of hydrogen-bond donors (Lipinski definition) is 0. The third kappa shape index (κ3) is 6.88. The summed E-state index contributed by atoms with van der Waals surface area (Å²) < 4.78 is 23.0. The van der Waals surface area contributed by atoms with Crippen molar-refractivity contribution in [3.8, 4) is 0 Å². The van der Waals surface area contributed by atoms with Crippen molar-refractivity contribution in [3.63, 3.8) is 0 Å². The minimum absolute atomic E-state index is 0.255. The quantitative estimate of drug-likeness (QED) is 0.550. The van der Waals surface area contributed by atoms with Gasteiger partial charge in [-0.3, -0.25) is 0 Å². The summed E-state index contributed by atoms with van der Waals surface area (Å²) in [6.07, 6.45) is 1.33. The fraction of sp³-hybridized carbons (Fsp3) is 0.667. The second kappa shape index (κ2) is 10.7. The molecule has 0 heterocycles. The average Bonchev–Trinajstić information content (AvgIpc) is 2.54. The first-order chi connectivity index (χ1) is 10.7. The number of rotatable bonds is 12. The highest BCUT2D eigenvalue weighted by Crippen LogP contribution is 2.20. The van der Waals surface area contributed by atoms with E-state index in [2.05, 4.69) is 12.1 Å². The van der Waals surface area contributed by atoms with Gasteiger partial charge in [0.2, 0.25) is 0 Å². The molecule has 0 radical (unpaired) electrons. The van der Waals surface area contributed by atoms with E-state index < -0.39 is 5.79 Å². The predicted molar refractivity (Wildman–Crippen MR) is 87.8 cm³/mol. The summed E-state index contributed by atoms with van der Waals surface area (Å²) in [5.74, 6) is -0.700. The molecule has 0 N–H and O–H groups in total. The van der Waals surface area contributed by atoms with Gasteiger partial charge in [-0.15, -0.1) is 0 Å². The van der Waals surface area contributed by atoms with Crippen LogP contribution in [0, 0.1) is 0 Å². The Morgan fingerprint density at radius 2 is 1.68 bits per heavy atom. The molecule has 1 aromatic carbocycles. The average molecular weight is 310 g/mol. The summed E-state index contributed by atoms with van der Waals surface area (Å²) in [4.78, 5) is 0. The van der Waals surface area contributed by atoms with Crippen LogP contribution in [0.3, 0.4) is 0 Å². The van der Waals surface area contributed by atoms with Crippen molar-refractivity contribution in [1.29, 1.82) is 0 Å². The lowest BCUT2D eigenvalue weighted by molar-refractivity contribution is -0.281. The molecule has 0 spiro atoms. The Balaban J connectivity index is 2.50. The van der Waals surface area contributed by atoms with Crippen LogP contribution >= 0.6 is 0 Å². The van der Waals surface area contributed by atoms with Crippen LogP contribution in [0.1, 0.15) is 39.7 Å². The van der Waals surface area contributed by atoms with E-state index in [0.717, 1.165) is 12.8 Å². The minimum atomic E-state index is -0.700. The lowest BCUT2D eigenvalue weighted by Gasteiger charge is -2.33. The SMILES string of the molecule is CCOC(C)OCC(CC)(OCC)OCCc1ccccc1. The van der Waals surface area contributed by atoms with Crippen LogP contribution in [0.4, 0.5) is 0 Å². The van der Waals surface area contributed by atoms with E-state index in [-0.39, 0.29) is 6.29 Å². The molecule has 126 valence electrons. The van der Waals surface area contributed by atoms with Crippen molar-refractivity contribution in [1.82, 2.24) is 0 Å². The molecule has 0 aliphatic heterocycles. The van der Waals surface area contributed by atoms with Crippen molar-refractivity contribution in [3.05, 3.63) is 35.9 Å². The highest BCUT2D eigenvalue weighted by Gasteiger charge is 2.31. The first-order valence-corrected chi connectivity index (χ1v) is 8.20. The Kier molecular flexibility index (Phi) is 9.32. The second-order valence-electron chi connectivity index (χ2n) is 5.12. The van der Waals surface area contributed by atoms with E-state index in [1.165, 1.54) is 5.56 Å². The fourth-order valence-electron chi connectivity index (χ4n) is 2.22. The first-order valence-electron chi connectivity index (χ1n) is 8.20. The smallest absolute Gasteiger partial charge is 0.191 e. The molecule has 1 rings (SSSR count). The molecule has 0 saturated carbocycles. The Bertz CT molecular complexity index is 382. The first kappa shape index (κ1) is 19.1. The van der Waals surface area contributed by atoms with Crippen LogP contribution < -0.4 is 0 Å². The largest absolute Gasteiger partial charge is 0.353 e. The fourth-order valence-corrected chi connectivity index (χ4v) is 2.22. The van der Waals surface area contributed by atoms with Gasteiger partial charge in [-0.1, -0.05) is 37.3 Å². The van der Waals surface area contributed by atoms with E-state index in [9.17, 15) is 0 Å². The molecule has 2 atom stereocenters. The van der Waals surface area contributed by atoms with E-state index in [4.69, 9.17) is 18.9 Å². The molecule has 0 saturated heterocycles. The van der Waals surface area contributed by atoms with Gasteiger partial charge in [0.05, 0.1) is 6.61 Å². The summed E-state index contributed by atoms with van der Waals surface area (Å²) in [7, 11) is 0. The molecule has 2 unspecified atom stereocenters. The number of benzene rings is 1. The molecular weight excluding hydrogens is 280 g/mol. The maximum atomic E-state index is 6.05. The molecule has 0 aliphatic carbocycles. The Labute approximate surface area is 134 Å². The molecule has 0 aliphatic rings. The van der Waals surface area contributed by atoms with Crippen LogP contribution in [0.15, 0.2) is 30.3 Å². The zero-order valence-electron chi connectivity index (χ0n) is 14.3. The van der Waals surface area contributed by atoms with Gasteiger partial charge < -0.3 is 18.9 Å². The van der Waals surface area contributed by atoms with Crippen molar-refractivity contribution < 1.29 is 18.9 Å². The van der Waals surface area contributed by atoms with Gasteiger partial charge in [0.15, 0.2) is 12.1 Å². The van der Waals surface area contributed by atoms with Gasteiger partial charge in [-0.2, -0.15) is 0 Å². The van der Waals surface area contributed by atoms with Crippen LogP contribution in [-0.2, 0) is 25.4 Å². The lowest BCUT2D eigenvalue weighted by Crippen LogP contribution is -2.42. The number of ether oxygens (including phenoxy) is 4. The Morgan fingerprint density at radius 1 is 0.955 bits per heavy atom. The summed E-state index contributed by atoms with van der Waals surface area (Å²) in [5.41, 5.74) is 1.26. The lowest BCUT2D eigenvalue weighted by atomic mass is 10.1. The third-order valence-corrected chi connectivity index (χ3v) is 3.48. The van der Waals surface area contributed by atoms with Gasteiger partial charge in [0, 0.05) is 19.6 Å². The van der Waals surface area contributed by atoms with Crippen molar-refractivity contribution in [2.45, 2.75) is 52.6 Å². The molecule has 0 fully saturated rings. The molecule has 0 amide bonds. The molecular formula is C18H30O4. The van der Waals surface area contributed by atoms with Crippen LogP contribution in [0.5, 0.6) is 0 Å². The third-order valence-electron chi connectivity index (χ3n) is 3.48. The topological polar surface area (TPSA) is 36.9 Å². The summed E-state index contributed by atoms with van der Waals surface area (Å²) >= 11 is 0. The van der Waals surface area contributed by atoms with Crippen LogP contribution in [0.2, 0.25) is 0 Å². The van der Waals surface area contributed by atoms with E-state index in [0.29, 0.717) is 26.4 Å². The van der Waals surface area contributed by atoms with Gasteiger partial charge in [0.25, 0.3) is 0 Å². The van der Waals surface area contributed by atoms with Crippen molar-refractivity contribution >= 4 is 0 Å². The standard InChI is InChI=1S/C18H30O4/c1-5-18(21-7-3,15-20-16(4)19-6-2)22-14-13-17-11-9-8-10-12-17/h8-12,16H,5-7,13-15H2,1-4H3. The van der Waals surface area contributed by atoms with Crippen molar-refractivity contribution in [2.24, 2.45) is 0 Å². The molecule has 1 aromatic rings. The highest BCUT2D eigenvalue weighted by molar-refractivity contribution is 5.14. The van der Waals surface area contributed by atoms with E-state index in [1.54, 1.807) is 0 Å². The molecule has 0 bridgehead atoms. The summed E-state index contributed by atoms with van der Waals surface area (Å²) in [6, 6.07) is 10.3. The summed E-state index contributed by atoms with van der Waals surface area (Å²) in [5, 5.41) is 0. The zero-order valence-corrected chi connectivity index (χ0v) is 14.3. The van der Waals surface area contributed by atoms with E-state index in [1.807, 2.05) is 45.9 Å². The molecule has 4 nitrogen and oxygen atoms in total. The van der Waals surface area contributed by atoms with Gasteiger partial charge in [0.1, 0.15) is 6.61 Å². The monoisotopic (exact) mass is 310 g/mol. The maximum Gasteiger partial charge on any atom is 0.191 e. The van der Waals surface area contributed by atoms with Crippen LogP contribution in [-0.4, -0.2) is 38.5 Å². The zero-order chi connectivity index (χ0) is 16.3. The molecule has 0 aromatic heterocycles. The van der Waals surface area contributed by atoms with E-state index >= 15 is 0 Å². The molecule has 22 heavy (non-hydrogen) atoms. The second-order valence-corrected chi connectivity index (χ2v) is 5.12.